The zero-order chi connectivity index (χ0) is 18.7. The Bertz CT molecular complexity index is 921. The second-order valence-corrected chi connectivity index (χ2v) is 5.97. The molecule has 0 aliphatic heterocycles. The van der Waals surface area contributed by atoms with Gasteiger partial charge in [0.25, 0.3) is 0 Å². The van der Waals surface area contributed by atoms with Crippen LogP contribution in [-0.2, 0) is 4.79 Å². The van der Waals surface area contributed by atoms with Gasteiger partial charge >= 0.3 is 0 Å². The number of rotatable bonds is 4. The van der Waals surface area contributed by atoms with Gasteiger partial charge in [-0.25, -0.2) is 13.2 Å². The van der Waals surface area contributed by atoms with Crippen LogP contribution in [0.1, 0.15) is 18.4 Å². The summed E-state index contributed by atoms with van der Waals surface area (Å²) in [4.78, 5) is 12.3. The minimum absolute atomic E-state index is 0.0146. The fourth-order valence-electron chi connectivity index (χ4n) is 2.68. The van der Waals surface area contributed by atoms with Crippen LogP contribution >= 0.6 is 0 Å². The Labute approximate surface area is 149 Å². The average molecular weight is 355 g/mol. The van der Waals surface area contributed by atoms with E-state index in [4.69, 9.17) is 0 Å². The van der Waals surface area contributed by atoms with Crippen LogP contribution in [0.25, 0.3) is 11.1 Å². The van der Waals surface area contributed by atoms with Gasteiger partial charge in [0, 0.05) is 17.3 Å². The van der Waals surface area contributed by atoms with E-state index in [0.717, 1.165) is 23.8 Å². The summed E-state index contributed by atoms with van der Waals surface area (Å²) in [5.74, 6) is -3.19. The van der Waals surface area contributed by atoms with Crippen molar-refractivity contribution in [2.45, 2.75) is 12.8 Å². The smallest absolute Gasteiger partial charge is 0.231 e. The summed E-state index contributed by atoms with van der Waals surface area (Å²) in [5.41, 5.74) is 1.66. The maximum absolute atomic E-state index is 14.5. The van der Waals surface area contributed by atoms with Crippen molar-refractivity contribution in [3.05, 3.63) is 89.7 Å². The molecule has 0 spiro atoms. The summed E-state index contributed by atoms with van der Waals surface area (Å²) in [6.07, 6.45) is 0. The van der Waals surface area contributed by atoms with Crippen molar-refractivity contribution in [2.75, 3.05) is 5.32 Å². The summed E-state index contributed by atoms with van der Waals surface area (Å²) >= 11 is 0. The number of carbonyl (C=O) groups excluding carboxylic acids is 1. The molecule has 0 bridgehead atoms. The lowest BCUT2D eigenvalue weighted by Gasteiger charge is -2.14. The number of nitrogens with one attached hydrogen (secondary N) is 1. The highest BCUT2D eigenvalue weighted by atomic mass is 19.1. The van der Waals surface area contributed by atoms with Crippen molar-refractivity contribution in [3.8, 4) is 11.1 Å². The first-order valence-corrected chi connectivity index (χ1v) is 8.06. The van der Waals surface area contributed by atoms with Crippen LogP contribution in [0.4, 0.5) is 18.9 Å². The van der Waals surface area contributed by atoms with Gasteiger partial charge in [-0.2, -0.15) is 0 Å². The Hall–Kier alpha value is -3.08. The third-order valence-electron chi connectivity index (χ3n) is 4.10. The minimum atomic E-state index is -0.786. The number of amides is 1. The first kappa shape index (κ1) is 17.7. The molecule has 0 heterocycles. The van der Waals surface area contributed by atoms with Crippen LogP contribution in [0, 0.1) is 17.5 Å². The number of anilines is 1. The first-order chi connectivity index (χ1) is 12.4. The largest absolute Gasteiger partial charge is 0.325 e. The molecule has 26 heavy (non-hydrogen) atoms. The van der Waals surface area contributed by atoms with Gasteiger partial charge < -0.3 is 5.32 Å². The van der Waals surface area contributed by atoms with Crippen LogP contribution in [0.3, 0.4) is 0 Å². The molecule has 0 aromatic heterocycles. The fourth-order valence-corrected chi connectivity index (χ4v) is 2.68. The molecule has 3 aromatic carbocycles. The number of carbonyl (C=O) groups is 1. The number of halogens is 3. The van der Waals surface area contributed by atoms with Crippen molar-refractivity contribution >= 4 is 11.6 Å². The van der Waals surface area contributed by atoms with Gasteiger partial charge in [0.1, 0.15) is 17.5 Å². The molecular formula is C21H16F3NO. The van der Waals surface area contributed by atoms with Crippen LogP contribution in [-0.4, -0.2) is 5.91 Å². The molecule has 0 unspecified atom stereocenters. The van der Waals surface area contributed by atoms with Gasteiger partial charge in [-0.1, -0.05) is 42.5 Å². The maximum atomic E-state index is 14.5. The van der Waals surface area contributed by atoms with E-state index < -0.39 is 29.3 Å². The Balaban J connectivity index is 1.80. The molecule has 0 saturated carbocycles. The monoisotopic (exact) mass is 355 g/mol. The highest BCUT2D eigenvalue weighted by molar-refractivity contribution is 5.95. The highest BCUT2D eigenvalue weighted by Crippen LogP contribution is 2.27. The Kier molecular flexibility index (Phi) is 5.07. The summed E-state index contributed by atoms with van der Waals surface area (Å²) in [5, 5.41) is 2.45. The molecule has 1 amide bonds. The van der Waals surface area contributed by atoms with E-state index in [0.29, 0.717) is 11.1 Å². The van der Waals surface area contributed by atoms with Gasteiger partial charge in [-0.15, -0.1) is 0 Å². The molecule has 0 radical (unpaired) electrons. The third kappa shape index (κ3) is 3.94. The van der Waals surface area contributed by atoms with E-state index in [9.17, 15) is 18.0 Å². The molecule has 1 N–H and O–H groups in total. The van der Waals surface area contributed by atoms with Gasteiger partial charge in [-0.05, 0) is 36.2 Å². The van der Waals surface area contributed by atoms with Gasteiger partial charge in [-0.3, -0.25) is 4.79 Å². The topological polar surface area (TPSA) is 29.1 Å². The molecule has 0 aliphatic rings. The summed E-state index contributed by atoms with van der Waals surface area (Å²) in [7, 11) is 0. The zero-order valence-corrected chi connectivity index (χ0v) is 14.0. The van der Waals surface area contributed by atoms with Gasteiger partial charge in [0.2, 0.25) is 5.91 Å². The molecular weight excluding hydrogens is 339 g/mol. The molecule has 2 nitrogen and oxygen atoms in total. The zero-order valence-electron chi connectivity index (χ0n) is 14.0. The Morgan fingerprint density at radius 1 is 0.885 bits per heavy atom. The van der Waals surface area contributed by atoms with Gasteiger partial charge in [0.15, 0.2) is 0 Å². The lowest BCUT2D eigenvalue weighted by atomic mass is 9.96. The minimum Gasteiger partial charge on any atom is -0.325 e. The molecule has 0 saturated heterocycles. The molecule has 0 fully saturated rings. The fraction of sp³-hybridized carbons (Fsp3) is 0.0952. The van der Waals surface area contributed by atoms with Crippen LogP contribution in [0.15, 0.2) is 66.7 Å². The number of benzene rings is 3. The van der Waals surface area contributed by atoms with Crippen LogP contribution in [0.2, 0.25) is 0 Å². The van der Waals surface area contributed by atoms with Crippen molar-refractivity contribution in [2.24, 2.45) is 0 Å². The van der Waals surface area contributed by atoms with E-state index in [1.54, 1.807) is 31.2 Å². The third-order valence-corrected chi connectivity index (χ3v) is 4.10. The van der Waals surface area contributed by atoms with Gasteiger partial charge in [0.05, 0.1) is 5.92 Å². The molecule has 5 heteroatoms. The second kappa shape index (κ2) is 7.44. The van der Waals surface area contributed by atoms with Crippen LogP contribution < -0.4 is 5.32 Å². The lowest BCUT2D eigenvalue weighted by molar-refractivity contribution is -0.117. The lowest BCUT2D eigenvalue weighted by Crippen LogP contribution is -2.19. The van der Waals surface area contributed by atoms with Crippen molar-refractivity contribution < 1.29 is 18.0 Å². The standard InChI is InChI=1S/C21H16F3NO/c1-13(21(26)25-18-11-16(22)10-17(23)12-18)15-7-8-19(20(24)9-15)14-5-3-2-4-6-14/h2-13H,1H3,(H,25,26)/t13-/m0/s1. The molecule has 3 aromatic rings. The van der Waals surface area contributed by atoms with Crippen molar-refractivity contribution in [1.29, 1.82) is 0 Å². The summed E-state index contributed by atoms with van der Waals surface area (Å²) < 4.78 is 40.9. The second-order valence-electron chi connectivity index (χ2n) is 5.97. The predicted molar refractivity (Wildman–Crippen MR) is 95.2 cm³/mol. The molecule has 0 aliphatic carbocycles. The van der Waals surface area contributed by atoms with E-state index in [2.05, 4.69) is 5.32 Å². The van der Waals surface area contributed by atoms with Crippen molar-refractivity contribution in [3.63, 3.8) is 0 Å². The van der Waals surface area contributed by atoms with Crippen molar-refractivity contribution in [1.82, 2.24) is 0 Å². The Morgan fingerprint density at radius 2 is 1.54 bits per heavy atom. The van der Waals surface area contributed by atoms with E-state index in [1.165, 1.54) is 6.07 Å². The van der Waals surface area contributed by atoms with E-state index in [1.807, 2.05) is 18.2 Å². The quantitative estimate of drug-likeness (QED) is 0.657. The summed E-state index contributed by atoms with van der Waals surface area (Å²) in [6, 6.07) is 16.4. The first-order valence-electron chi connectivity index (χ1n) is 8.06. The SMILES string of the molecule is C[C@H](C(=O)Nc1cc(F)cc(F)c1)c1ccc(-c2ccccc2)c(F)c1. The van der Waals surface area contributed by atoms with E-state index in [-0.39, 0.29) is 5.69 Å². The summed E-state index contributed by atoms with van der Waals surface area (Å²) in [6.45, 7) is 1.60. The Morgan fingerprint density at radius 3 is 2.15 bits per heavy atom. The average Bonchev–Trinajstić information content (AvgIpc) is 2.60. The molecule has 132 valence electrons. The normalized spacial score (nSPS) is 11.8. The molecule has 3 rings (SSSR count). The van der Waals surface area contributed by atoms with E-state index >= 15 is 0 Å². The maximum Gasteiger partial charge on any atom is 0.231 e. The number of hydrogen-bond donors (Lipinski definition) is 1. The molecule has 1 atom stereocenters. The number of hydrogen-bond acceptors (Lipinski definition) is 1. The highest BCUT2D eigenvalue weighted by Gasteiger charge is 2.18. The predicted octanol–water partition coefficient (Wildman–Crippen LogP) is 5.51. The van der Waals surface area contributed by atoms with Crippen LogP contribution in [0.5, 0.6) is 0 Å².